The second-order valence-corrected chi connectivity index (χ2v) is 5.69. The van der Waals surface area contributed by atoms with Crippen molar-refractivity contribution in [2.45, 2.75) is 45.2 Å². The van der Waals surface area contributed by atoms with Gasteiger partial charge in [-0.3, -0.25) is 29.3 Å². The van der Waals surface area contributed by atoms with Crippen molar-refractivity contribution in [3.63, 3.8) is 0 Å². The molecule has 4 amide bonds. The molecular weight excluding hydrogens is 292 g/mol. The van der Waals surface area contributed by atoms with Gasteiger partial charge in [0.15, 0.2) is 0 Å². The van der Waals surface area contributed by atoms with Crippen LogP contribution >= 0.6 is 0 Å². The highest BCUT2D eigenvalue weighted by atomic mass is 16.5. The summed E-state index contributed by atoms with van der Waals surface area (Å²) < 4.78 is 0. The Hall–Kier alpha value is -2.00. The first-order valence-corrected chi connectivity index (χ1v) is 7.09. The quantitative estimate of drug-likeness (QED) is 0.267. The zero-order valence-corrected chi connectivity index (χ0v) is 12.7. The van der Waals surface area contributed by atoms with E-state index in [1.54, 1.807) is 0 Å². The van der Waals surface area contributed by atoms with Crippen molar-refractivity contribution >= 4 is 23.6 Å². The normalized spacial score (nSPS) is 20.0. The van der Waals surface area contributed by atoms with Gasteiger partial charge in [-0.2, -0.15) is 0 Å². The highest BCUT2D eigenvalue weighted by Gasteiger charge is 2.36. The third-order valence-corrected chi connectivity index (χ3v) is 3.32. The summed E-state index contributed by atoms with van der Waals surface area (Å²) in [5.74, 6) is -2.32. The van der Waals surface area contributed by atoms with Crippen LogP contribution in [0.25, 0.3) is 0 Å². The van der Waals surface area contributed by atoms with Crippen LogP contribution in [-0.4, -0.2) is 52.4 Å². The summed E-state index contributed by atoms with van der Waals surface area (Å²) in [5.41, 5.74) is 7.10. The predicted molar refractivity (Wildman–Crippen MR) is 75.2 cm³/mol. The Bertz CT molecular complexity index is 465. The summed E-state index contributed by atoms with van der Waals surface area (Å²) in [6.07, 6.45) is 0.659. The molecule has 9 heteroatoms. The van der Waals surface area contributed by atoms with Gasteiger partial charge in [-0.1, -0.05) is 13.8 Å². The van der Waals surface area contributed by atoms with Crippen molar-refractivity contribution < 1.29 is 24.4 Å². The number of hydroxylamine groups is 1. The molecule has 0 aromatic heterocycles. The average Bonchev–Trinajstić information content (AvgIpc) is 2.45. The van der Waals surface area contributed by atoms with Gasteiger partial charge in [-0.25, -0.2) is 5.48 Å². The van der Waals surface area contributed by atoms with Gasteiger partial charge >= 0.3 is 0 Å². The van der Waals surface area contributed by atoms with E-state index in [1.165, 1.54) is 5.48 Å². The van der Waals surface area contributed by atoms with Gasteiger partial charge in [0.2, 0.25) is 11.8 Å². The van der Waals surface area contributed by atoms with Crippen molar-refractivity contribution in [1.82, 2.24) is 15.7 Å². The Morgan fingerprint density at radius 1 is 1.41 bits per heavy atom. The van der Waals surface area contributed by atoms with Crippen LogP contribution in [-0.2, 0) is 19.2 Å². The lowest BCUT2D eigenvalue weighted by Gasteiger charge is -2.31. The van der Waals surface area contributed by atoms with Crippen LogP contribution in [0, 0.1) is 5.92 Å². The minimum Gasteiger partial charge on any atom is -0.343 e. The fourth-order valence-electron chi connectivity index (χ4n) is 2.21. The maximum atomic E-state index is 12.2. The van der Waals surface area contributed by atoms with Gasteiger partial charge in [-0.05, 0) is 18.8 Å². The van der Waals surface area contributed by atoms with Crippen LogP contribution in [0.15, 0.2) is 0 Å². The second-order valence-electron chi connectivity index (χ2n) is 5.69. The molecule has 5 N–H and O–H groups in total. The smallest absolute Gasteiger partial charge is 0.263 e. The standard InChI is InChI=1S/C13H22N4O5/c1-7(2)5-8(14)12(20)15-9-3-4-11(19)17(13(9)21)6-10(18)16-22/h7-9,22H,3-6,14H2,1-2H3,(H,15,20)(H,16,18)/t8-,9-/m0/s1. The van der Waals surface area contributed by atoms with E-state index in [9.17, 15) is 19.2 Å². The van der Waals surface area contributed by atoms with Crippen LogP contribution in [0.5, 0.6) is 0 Å². The Labute approximate surface area is 128 Å². The molecule has 22 heavy (non-hydrogen) atoms. The first-order valence-electron chi connectivity index (χ1n) is 7.09. The van der Waals surface area contributed by atoms with Crippen molar-refractivity contribution in [1.29, 1.82) is 0 Å². The fraction of sp³-hybridized carbons (Fsp3) is 0.692. The van der Waals surface area contributed by atoms with Crippen molar-refractivity contribution in [3.8, 4) is 0 Å². The van der Waals surface area contributed by atoms with Crippen LogP contribution < -0.4 is 16.5 Å². The number of carbonyl (C=O) groups is 4. The van der Waals surface area contributed by atoms with E-state index in [0.29, 0.717) is 11.3 Å². The molecule has 0 radical (unpaired) electrons. The topological polar surface area (TPSA) is 142 Å². The molecule has 1 rings (SSSR count). The maximum Gasteiger partial charge on any atom is 0.263 e. The number of nitrogens with zero attached hydrogens (tertiary/aromatic N) is 1. The number of likely N-dealkylation sites (tertiary alicyclic amines) is 1. The minimum absolute atomic E-state index is 0.0226. The molecule has 2 atom stereocenters. The number of rotatable bonds is 6. The van der Waals surface area contributed by atoms with Crippen LogP contribution in [0.3, 0.4) is 0 Å². The van der Waals surface area contributed by atoms with E-state index in [2.05, 4.69) is 5.32 Å². The largest absolute Gasteiger partial charge is 0.343 e. The van der Waals surface area contributed by atoms with Crippen LogP contribution in [0.4, 0.5) is 0 Å². The highest BCUT2D eigenvalue weighted by molar-refractivity contribution is 6.04. The summed E-state index contributed by atoms with van der Waals surface area (Å²) in [4.78, 5) is 47.6. The lowest BCUT2D eigenvalue weighted by Crippen LogP contribution is -2.58. The molecule has 1 fully saturated rings. The predicted octanol–water partition coefficient (Wildman–Crippen LogP) is -1.50. The maximum absolute atomic E-state index is 12.2. The summed E-state index contributed by atoms with van der Waals surface area (Å²) in [5, 5.41) is 11.0. The Morgan fingerprint density at radius 3 is 2.59 bits per heavy atom. The molecule has 0 aromatic rings. The van der Waals surface area contributed by atoms with E-state index in [-0.39, 0.29) is 18.8 Å². The lowest BCUT2D eigenvalue weighted by molar-refractivity contribution is -0.154. The summed E-state index contributed by atoms with van der Waals surface area (Å²) in [7, 11) is 0. The average molecular weight is 314 g/mol. The van der Waals surface area contributed by atoms with E-state index < -0.39 is 42.3 Å². The molecule has 0 aliphatic carbocycles. The lowest BCUT2D eigenvalue weighted by atomic mass is 10.0. The summed E-state index contributed by atoms with van der Waals surface area (Å²) in [6.45, 7) is 3.26. The zero-order valence-electron chi connectivity index (χ0n) is 12.7. The zero-order chi connectivity index (χ0) is 16.9. The molecule has 1 saturated heterocycles. The Balaban J connectivity index is 2.68. The number of hydrogen-bond donors (Lipinski definition) is 4. The van der Waals surface area contributed by atoms with Crippen molar-refractivity contribution in [2.24, 2.45) is 11.7 Å². The van der Waals surface area contributed by atoms with E-state index in [1.807, 2.05) is 13.8 Å². The highest BCUT2D eigenvalue weighted by Crippen LogP contribution is 2.14. The van der Waals surface area contributed by atoms with Crippen LogP contribution in [0.2, 0.25) is 0 Å². The van der Waals surface area contributed by atoms with Gasteiger partial charge in [0.25, 0.3) is 11.8 Å². The number of carbonyl (C=O) groups excluding carboxylic acids is 4. The molecule has 9 nitrogen and oxygen atoms in total. The van der Waals surface area contributed by atoms with Gasteiger partial charge in [-0.15, -0.1) is 0 Å². The molecule has 0 spiro atoms. The van der Waals surface area contributed by atoms with E-state index in [4.69, 9.17) is 10.9 Å². The number of amides is 4. The van der Waals surface area contributed by atoms with Gasteiger partial charge in [0.1, 0.15) is 12.6 Å². The van der Waals surface area contributed by atoms with E-state index >= 15 is 0 Å². The first-order chi connectivity index (χ1) is 10.3. The molecule has 0 unspecified atom stereocenters. The summed E-state index contributed by atoms with van der Waals surface area (Å²) in [6, 6.07) is -1.63. The Morgan fingerprint density at radius 2 is 2.05 bits per heavy atom. The molecular formula is C13H22N4O5. The van der Waals surface area contributed by atoms with Crippen molar-refractivity contribution in [2.75, 3.05) is 6.54 Å². The first kappa shape index (κ1) is 18.1. The summed E-state index contributed by atoms with van der Waals surface area (Å²) >= 11 is 0. The molecule has 0 bridgehead atoms. The number of hydrogen-bond acceptors (Lipinski definition) is 6. The number of nitrogens with two attached hydrogens (primary N) is 1. The monoisotopic (exact) mass is 314 g/mol. The number of imide groups is 1. The third-order valence-electron chi connectivity index (χ3n) is 3.32. The third kappa shape index (κ3) is 4.78. The molecule has 124 valence electrons. The minimum atomic E-state index is -0.894. The van der Waals surface area contributed by atoms with Crippen molar-refractivity contribution in [3.05, 3.63) is 0 Å². The molecule has 0 saturated carbocycles. The molecule has 1 aliphatic heterocycles. The Kier molecular flexibility index (Phi) is 6.44. The molecule has 1 heterocycles. The molecule has 1 aliphatic rings. The van der Waals surface area contributed by atoms with Gasteiger partial charge in [0.05, 0.1) is 6.04 Å². The molecule has 0 aromatic carbocycles. The van der Waals surface area contributed by atoms with Gasteiger partial charge in [0, 0.05) is 6.42 Å². The van der Waals surface area contributed by atoms with E-state index in [0.717, 1.165) is 0 Å². The van der Waals surface area contributed by atoms with Crippen LogP contribution in [0.1, 0.15) is 33.1 Å². The number of nitrogens with one attached hydrogen (secondary N) is 2. The van der Waals surface area contributed by atoms with Gasteiger partial charge < -0.3 is 11.1 Å². The fourth-order valence-corrected chi connectivity index (χ4v) is 2.21. The number of piperidine rings is 1. The second kappa shape index (κ2) is 7.85. The SMILES string of the molecule is CC(C)C[C@H](N)C(=O)N[C@H]1CCC(=O)N(CC(=O)NO)C1=O.